The second-order valence-corrected chi connectivity index (χ2v) is 9.05. The Bertz CT molecular complexity index is 674. The first-order valence-electron chi connectivity index (χ1n) is 9.35. The average Bonchev–Trinajstić information content (AvgIpc) is 2.86. The Labute approximate surface area is 160 Å². The lowest BCUT2D eigenvalue weighted by molar-refractivity contribution is -0.117. The SMILES string of the molecule is C[C@H]1C[C@H](NC(=O)N[C@@H]2CC(=O)N(c3ccc(Cl)cc3)C2)CC(C)(C)C1. The summed E-state index contributed by atoms with van der Waals surface area (Å²) in [5, 5.41) is 6.72. The molecule has 2 N–H and O–H groups in total. The van der Waals surface area contributed by atoms with E-state index in [1.54, 1.807) is 17.0 Å². The lowest BCUT2D eigenvalue weighted by Gasteiger charge is -2.39. The second-order valence-electron chi connectivity index (χ2n) is 8.61. The molecule has 1 saturated carbocycles. The highest BCUT2D eigenvalue weighted by Crippen LogP contribution is 2.38. The molecular weight excluding hydrogens is 350 g/mol. The number of carbonyl (C=O) groups is 2. The van der Waals surface area contributed by atoms with Gasteiger partial charge in [-0.25, -0.2) is 4.79 Å². The molecule has 1 heterocycles. The van der Waals surface area contributed by atoms with Crippen LogP contribution in [0.1, 0.15) is 46.5 Å². The zero-order chi connectivity index (χ0) is 18.9. The molecule has 142 valence electrons. The van der Waals surface area contributed by atoms with Gasteiger partial charge in [0.25, 0.3) is 0 Å². The number of benzene rings is 1. The Hall–Kier alpha value is -1.75. The van der Waals surface area contributed by atoms with Crippen molar-refractivity contribution in [2.24, 2.45) is 11.3 Å². The molecule has 0 unspecified atom stereocenters. The minimum atomic E-state index is -0.174. The van der Waals surface area contributed by atoms with Gasteiger partial charge in [0.15, 0.2) is 0 Å². The molecule has 0 spiro atoms. The van der Waals surface area contributed by atoms with Gasteiger partial charge in [0, 0.05) is 29.7 Å². The van der Waals surface area contributed by atoms with Crippen molar-refractivity contribution in [2.45, 2.75) is 58.5 Å². The van der Waals surface area contributed by atoms with Crippen molar-refractivity contribution in [3.8, 4) is 0 Å². The molecule has 1 saturated heterocycles. The largest absolute Gasteiger partial charge is 0.335 e. The summed E-state index contributed by atoms with van der Waals surface area (Å²) in [5.41, 5.74) is 1.07. The molecule has 1 aromatic carbocycles. The topological polar surface area (TPSA) is 61.4 Å². The smallest absolute Gasteiger partial charge is 0.315 e. The van der Waals surface area contributed by atoms with Crippen molar-refractivity contribution >= 4 is 29.2 Å². The molecule has 2 fully saturated rings. The average molecular weight is 378 g/mol. The van der Waals surface area contributed by atoms with Crippen LogP contribution in [0.4, 0.5) is 10.5 Å². The minimum absolute atomic E-state index is 0.0186. The van der Waals surface area contributed by atoms with Gasteiger partial charge in [-0.1, -0.05) is 32.4 Å². The number of hydrogen-bond acceptors (Lipinski definition) is 2. The molecule has 3 amide bonds. The number of nitrogens with one attached hydrogen (secondary N) is 2. The molecule has 2 aliphatic rings. The fourth-order valence-electron chi connectivity index (χ4n) is 4.54. The predicted octanol–water partition coefficient (Wildman–Crippen LogP) is 3.96. The van der Waals surface area contributed by atoms with Crippen LogP contribution >= 0.6 is 11.6 Å². The first-order valence-corrected chi connectivity index (χ1v) is 9.72. The molecule has 6 heteroatoms. The van der Waals surface area contributed by atoms with Gasteiger partial charge in [-0.05, 0) is 54.9 Å². The van der Waals surface area contributed by atoms with Crippen LogP contribution in [0.2, 0.25) is 5.02 Å². The number of amides is 3. The Morgan fingerprint density at radius 3 is 2.46 bits per heavy atom. The fourth-order valence-corrected chi connectivity index (χ4v) is 4.67. The molecular formula is C20H28ClN3O2. The maximum Gasteiger partial charge on any atom is 0.315 e. The van der Waals surface area contributed by atoms with Crippen LogP contribution in [0, 0.1) is 11.3 Å². The molecule has 0 aromatic heterocycles. The van der Waals surface area contributed by atoms with Crippen molar-refractivity contribution in [3.63, 3.8) is 0 Å². The summed E-state index contributed by atoms with van der Waals surface area (Å²) in [6, 6.07) is 7.04. The van der Waals surface area contributed by atoms with E-state index in [-0.39, 0.29) is 29.4 Å². The summed E-state index contributed by atoms with van der Waals surface area (Å²) in [6.45, 7) is 7.25. The molecule has 5 nitrogen and oxygen atoms in total. The summed E-state index contributed by atoms with van der Waals surface area (Å²) in [5.74, 6) is 0.627. The Kier molecular flexibility index (Phi) is 5.47. The van der Waals surface area contributed by atoms with Gasteiger partial charge in [-0.3, -0.25) is 4.79 Å². The zero-order valence-electron chi connectivity index (χ0n) is 15.7. The number of nitrogens with zero attached hydrogens (tertiary/aromatic N) is 1. The normalized spacial score (nSPS) is 28.1. The first kappa shape index (κ1) is 19.0. The molecule has 1 aromatic rings. The van der Waals surface area contributed by atoms with Crippen LogP contribution in [-0.2, 0) is 4.79 Å². The first-order chi connectivity index (χ1) is 12.2. The molecule has 26 heavy (non-hydrogen) atoms. The molecule has 3 atom stereocenters. The summed E-state index contributed by atoms with van der Waals surface area (Å²) >= 11 is 5.91. The lowest BCUT2D eigenvalue weighted by Crippen LogP contribution is -2.50. The highest BCUT2D eigenvalue weighted by molar-refractivity contribution is 6.30. The highest BCUT2D eigenvalue weighted by atomic mass is 35.5. The van der Waals surface area contributed by atoms with E-state index < -0.39 is 0 Å². The molecule has 1 aliphatic heterocycles. The van der Waals surface area contributed by atoms with Gasteiger partial charge in [0.05, 0.1) is 6.04 Å². The van der Waals surface area contributed by atoms with Crippen molar-refractivity contribution in [3.05, 3.63) is 29.3 Å². The fraction of sp³-hybridized carbons (Fsp3) is 0.600. The van der Waals surface area contributed by atoms with Gasteiger partial charge in [-0.15, -0.1) is 0 Å². The van der Waals surface area contributed by atoms with Crippen LogP contribution in [0.15, 0.2) is 24.3 Å². The lowest BCUT2D eigenvalue weighted by atomic mass is 9.71. The van der Waals surface area contributed by atoms with E-state index >= 15 is 0 Å². The van der Waals surface area contributed by atoms with E-state index in [1.807, 2.05) is 12.1 Å². The van der Waals surface area contributed by atoms with E-state index in [0.717, 1.165) is 18.5 Å². The third-order valence-corrected chi connectivity index (χ3v) is 5.57. The van der Waals surface area contributed by atoms with Gasteiger partial charge < -0.3 is 15.5 Å². The third kappa shape index (κ3) is 4.70. The van der Waals surface area contributed by atoms with E-state index in [2.05, 4.69) is 31.4 Å². The minimum Gasteiger partial charge on any atom is -0.335 e. The van der Waals surface area contributed by atoms with Crippen molar-refractivity contribution < 1.29 is 9.59 Å². The Balaban J connectivity index is 1.54. The van der Waals surface area contributed by atoms with Crippen LogP contribution in [0.25, 0.3) is 0 Å². The van der Waals surface area contributed by atoms with Crippen molar-refractivity contribution in [1.82, 2.24) is 10.6 Å². The number of halogens is 1. The van der Waals surface area contributed by atoms with Gasteiger partial charge in [0.2, 0.25) is 5.91 Å². The molecule has 0 bridgehead atoms. The summed E-state index contributed by atoms with van der Waals surface area (Å²) in [7, 11) is 0. The number of urea groups is 1. The number of rotatable bonds is 3. The molecule has 3 rings (SSSR count). The van der Waals surface area contributed by atoms with E-state index in [9.17, 15) is 9.59 Å². The molecule has 1 aliphatic carbocycles. The Morgan fingerprint density at radius 2 is 1.81 bits per heavy atom. The second kappa shape index (κ2) is 7.47. The van der Waals surface area contributed by atoms with Gasteiger partial charge in [-0.2, -0.15) is 0 Å². The van der Waals surface area contributed by atoms with Crippen LogP contribution in [0.3, 0.4) is 0 Å². The predicted molar refractivity (Wildman–Crippen MR) is 104 cm³/mol. The quantitative estimate of drug-likeness (QED) is 0.837. The van der Waals surface area contributed by atoms with Crippen LogP contribution in [-0.4, -0.2) is 30.6 Å². The maximum absolute atomic E-state index is 12.4. The third-order valence-electron chi connectivity index (χ3n) is 5.32. The maximum atomic E-state index is 12.4. The number of hydrogen-bond donors (Lipinski definition) is 2. The van der Waals surface area contributed by atoms with E-state index in [0.29, 0.717) is 23.9 Å². The van der Waals surface area contributed by atoms with Gasteiger partial charge in [0.1, 0.15) is 0 Å². The van der Waals surface area contributed by atoms with Crippen molar-refractivity contribution in [1.29, 1.82) is 0 Å². The van der Waals surface area contributed by atoms with E-state index in [4.69, 9.17) is 11.6 Å². The zero-order valence-corrected chi connectivity index (χ0v) is 16.5. The van der Waals surface area contributed by atoms with Crippen molar-refractivity contribution in [2.75, 3.05) is 11.4 Å². The summed E-state index contributed by atoms with van der Waals surface area (Å²) in [6.07, 6.45) is 3.52. The number of carbonyl (C=O) groups excluding carboxylic acids is 2. The molecule has 0 radical (unpaired) electrons. The number of anilines is 1. The standard InChI is InChI=1S/C20H28ClN3O2/c1-13-8-15(11-20(2,3)10-13)22-19(26)23-16-9-18(25)24(12-16)17-6-4-14(21)5-7-17/h4-7,13,15-16H,8-12H2,1-3H3,(H2,22,23,26)/t13-,15-,16+/m0/s1. The highest BCUT2D eigenvalue weighted by Gasteiger charge is 2.34. The van der Waals surface area contributed by atoms with Crippen LogP contribution < -0.4 is 15.5 Å². The monoisotopic (exact) mass is 377 g/mol. The van der Waals surface area contributed by atoms with E-state index in [1.165, 1.54) is 6.42 Å². The summed E-state index contributed by atoms with van der Waals surface area (Å²) in [4.78, 5) is 26.4. The summed E-state index contributed by atoms with van der Waals surface area (Å²) < 4.78 is 0. The van der Waals surface area contributed by atoms with Gasteiger partial charge >= 0.3 is 6.03 Å². The van der Waals surface area contributed by atoms with Crippen LogP contribution in [0.5, 0.6) is 0 Å². The Morgan fingerprint density at radius 1 is 1.15 bits per heavy atom.